The molecule has 0 radical (unpaired) electrons. The van der Waals surface area contributed by atoms with Crippen LogP contribution in [0, 0.1) is 6.92 Å². The van der Waals surface area contributed by atoms with E-state index < -0.39 is 6.16 Å². The Kier molecular flexibility index (Phi) is 2.90. The summed E-state index contributed by atoms with van der Waals surface area (Å²) < 4.78 is 9.96. The summed E-state index contributed by atoms with van der Waals surface area (Å²) in [4.78, 5) is 11.1. The lowest BCUT2D eigenvalue weighted by molar-refractivity contribution is 0.0444. The Labute approximate surface area is 89.0 Å². The van der Waals surface area contributed by atoms with Crippen LogP contribution >= 0.6 is 0 Å². The van der Waals surface area contributed by atoms with E-state index in [1.165, 1.54) is 0 Å². The fourth-order valence-electron chi connectivity index (χ4n) is 1.26. The topological polar surface area (TPSA) is 35.5 Å². The molecule has 3 nitrogen and oxygen atoms in total. The van der Waals surface area contributed by atoms with Crippen molar-refractivity contribution >= 4 is 6.16 Å². The predicted octanol–water partition coefficient (Wildman–Crippen LogP) is 2.81. The van der Waals surface area contributed by atoms with Crippen molar-refractivity contribution < 1.29 is 14.3 Å². The zero-order chi connectivity index (χ0) is 10.7. The molecule has 1 saturated carbocycles. The Morgan fingerprint density at radius 2 is 2.13 bits per heavy atom. The van der Waals surface area contributed by atoms with Crippen LogP contribution in [0.3, 0.4) is 0 Å². The molecule has 0 amide bonds. The SMILES string of the molecule is Cc1ccccc1COC(=O)OC1CC1. The maximum atomic E-state index is 11.1. The minimum absolute atomic E-state index is 0.106. The molecule has 0 N–H and O–H groups in total. The molecule has 1 aliphatic rings. The lowest BCUT2D eigenvalue weighted by Crippen LogP contribution is -2.09. The minimum atomic E-state index is -0.555. The molecule has 0 saturated heterocycles. The number of aryl methyl sites for hydroxylation is 1. The summed E-state index contributed by atoms with van der Waals surface area (Å²) >= 11 is 0. The quantitative estimate of drug-likeness (QED) is 0.713. The van der Waals surface area contributed by atoms with Gasteiger partial charge in [0, 0.05) is 0 Å². The standard InChI is InChI=1S/C12H14O3/c1-9-4-2-3-5-10(9)8-14-12(13)15-11-6-7-11/h2-5,11H,6-8H2,1H3. The van der Waals surface area contributed by atoms with E-state index in [9.17, 15) is 4.79 Å². The van der Waals surface area contributed by atoms with Crippen molar-refractivity contribution in [3.63, 3.8) is 0 Å². The van der Waals surface area contributed by atoms with Crippen LogP contribution in [-0.2, 0) is 16.1 Å². The molecule has 0 spiro atoms. The van der Waals surface area contributed by atoms with Crippen LogP contribution in [0.2, 0.25) is 0 Å². The van der Waals surface area contributed by atoms with Crippen LogP contribution in [0.15, 0.2) is 24.3 Å². The molecule has 2 rings (SSSR count). The summed E-state index contributed by atoms with van der Waals surface area (Å²) in [5.74, 6) is 0. The number of benzene rings is 1. The van der Waals surface area contributed by atoms with Crippen molar-refractivity contribution in [2.75, 3.05) is 0 Å². The smallest absolute Gasteiger partial charge is 0.431 e. The highest BCUT2D eigenvalue weighted by Crippen LogP contribution is 2.24. The molecule has 0 atom stereocenters. The third-order valence-corrected chi connectivity index (χ3v) is 2.39. The van der Waals surface area contributed by atoms with Gasteiger partial charge in [0.2, 0.25) is 0 Å². The normalized spacial score (nSPS) is 14.7. The second-order valence-corrected chi connectivity index (χ2v) is 3.78. The summed E-state index contributed by atoms with van der Waals surface area (Å²) in [5.41, 5.74) is 2.14. The molecule has 0 bridgehead atoms. The average Bonchev–Trinajstić information content (AvgIpc) is 3.00. The van der Waals surface area contributed by atoms with E-state index in [4.69, 9.17) is 9.47 Å². The molecule has 0 aliphatic heterocycles. The van der Waals surface area contributed by atoms with Crippen molar-refractivity contribution in [1.29, 1.82) is 0 Å². The molecule has 1 aromatic rings. The number of hydrogen-bond acceptors (Lipinski definition) is 3. The van der Waals surface area contributed by atoms with E-state index in [1.54, 1.807) is 0 Å². The van der Waals surface area contributed by atoms with Gasteiger partial charge in [0.25, 0.3) is 0 Å². The Balaban J connectivity index is 1.81. The number of ether oxygens (including phenoxy) is 2. The number of carbonyl (C=O) groups is 1. The summed E-state index contributed by atoms with van der Waals surface area (Å²) in [6.45, 7) is 2.28. The van der Waals surface area contributed by atoms with Gasteiger partial charge in [0.15, 0.2) is 0 Å². The maximum absolute atomic E-state index is 11.1. The van der Waals surface area contributed by atoms with Crippen LogP contribution in [0.4, 0.5) is 4.79 Å². The molecule has 0 unspecified atom stereocenters. The van der Waals surface area contributed by atoms with Crippen LogP contribution in [0.1, 0.15) is 24.0 Å². The highest BCUT2D eigenvalue weighted by atomic mass is 16.7. The third kappa shape index (κ3) is 2.98. The first-order valence-corrected chi connectivity index (χ1v) is 5.13. The summed E-state index contributed by atoms with van der Waals surface area (Å²) in [6, 6.07) is 7.82. The Hall–Kier alpha value is -1.51. The molecule has 0 heterocycles. The molecule has 1 aliphatic carbocycles. The van der Waals surface area contributed by atoms with Gasteiger partial charge in [0.05, 0.1) is 0 Å². The average molecular weight is 206 g/mol. The first-order valence-electron chi connectivity index (χ1n) is 5.13. The van der Waals surface area contributed by atoms with Crippen LogP contribution in [0.25, 0.3) is 0 Å². The third-order valence-electron chi connectivity index (χ3n) is 2.39. The van der Waals surface area contributed by atoms with Gasteiger partial charge >= 0.3 is 6.16 Å². The monoisotopic (exact) mass is 206 g/mol. The van der Waals surface area contributed by atoms with E-state index in [0.29, 0.717) is 0 Å². The molecule has 0 aromatic heterocycles. The van der Waals surface area contributed by atoms with Gasteiger partial charge in [0.1, 0.15) is 12.7 Å². The number of carbonyl (C=O) groups excluding carboxylic acids is 1. The molecule has 15 heavy (non-hydrogen) atoms. The highest BCUT2D eigenvalue weighted by molar-refractivity contribution is 5.60. The molecule has 1 aromatic carbocycles. The Morgan fingerprint density at radius 1 is 1.40 bits per heavy atom. The fraction of sp³-hybridized carbons (Fsp3) is 0.417. The van der Waals surface area contributed by atoms with Gasteiger partial charge in [-0.2, -0.15) is 0 Å². The van der Waals surface area contributed by atoms with Crippen LogP contribution < -0.4 is 0 Å². The van der Waals surface area contributed by atoms with E-state index in [0.717, 1.165) is 24.0 Å². The highest BCUT2D eigenvalue weighted by Gasteiger charge is 2.26. The zero-order valence-corrected chi connectivity index (χ0v) is 8.73. The van der Waals surface area contributed by atoms with Crippen molar-refractivity contribution in [2.24, 2.45) is 0 Å². The van der Waals surface area contributed by atoms with Crippen LogP contribution in [0.5, 0.6) is 0 Å². The largest absolute Gasteiger partial charge is 0.508 e. The summed E-state index contributed by atoms with van der Waals surface area (Å²) in [6.07, 6.45) is 1.49. The number of rotatable bonds is 3. The Morgan fingerprint density at radius 3 is 2.80 bits per heavy atom. The Bertz CT molecular complexity index is 356. The second kappa shape index (κ2) is 4.34. The van der Waals surface area contributed by atoms with Crippen LogP contribution in [-0.4, -0.2) is 12.3 Å². The molecule has 3 heteroatoms. The summed E-state index contributed by atoms with van der Waals surface area (Å²) in [7, 11) is 0. The minimum Gasteiger partial charge on any atom is -0.431 e. The predicted molar refractivity (Wildman–Crippen MR) is 55.5 cm³/mol. The molecule has 80 valence electrons. The van der Waals surface area contributed by atoms with E-state index >= 15 is 0 Å². The van der Waals surface area contributed by atoms with E-state index in [1.807, 2.05) is 31.2 Å². The van der Waals surface area contributed by atoms with E-state index in [2.05, 4.69) is 0 Å². The fourth-order valence-corrected chi connectivity index (χ4v) is 1.26. The first kappa shape index (κ1) is 10.0. The number of hydrogen-bond donors (Lipinski definition) is 0. The molecular weight excluding hydrogens is 192 g/mol. The lowest BCUT2D eigenvalue weighted by atomic mass is 10.1. The maximum Gasteiger partial charge on any atom is 0.508 e. The van der Waals surface area contributed by atoms with Gasteiger partial charge in [-0.25, -0.2) is 4.79 Å². The van der Waals surface area contributed by atoms with Crippen molar-refractivity contribution in [3.8, 4) is 0 Å². The second-order valence-electron chi connectivity index (χ2n) is 3.78. The van der Waals surface area contributed by atoms with Crippen molar-refractivity contribution in [1.82, 2.24) is 0 Å². The first-order chi connectivity index (χ1) is 7.25. The lowest BCUT2D eigenvalue weighted by Gasteiger charge is -2.07. The van der Waals surface area contributed by atoms with Gasteiger partial charge in [-0.3, -0.25) is 0 Å². The summed E-state index contributed by atoms with van der Waals surface area (Å²) in [5, 5.41) is 0. The zero-order valence-electron chi connectivity index (χ0n) is 8.73. The van der Waals surface area contributed by atoms with Gasteiger partial charge in [-0.1, -0.05) is 24.3 Å². The molecular formula is C12H14O3. The van der Waals surface area contributed by atoms with Crippen molar-refractivity contribution in [3.05, 3.63) is 35.4 Å². The van der Waals surface area contributed by atoms with Crippen molar-refractivity contribution in [2.45, 2.75) is 32.5 Å². The van der Waals surface area contributed by atoms with Gasteiger partial charge in [-0.15, -0.1) is 0 Å². The van der Waals surface area contributed by atoms with E-state index in [-0.39, 0.29) is 12.7 Å². The molecule has 1 fully saturated rings. The van der Waals surface area contributed by atoms with Gasteiger partial charge in [-0.05, 0) is 30.9 Å². The van der Waals surface area contributed by atoms with Gasteiger partial charge < -0.3 is 9.47 Å².